The summed E-state index contributed by atoms with van der Waals surface area (Å²) in [6, 6.07) is 5.77. The van der Waals surface area contributed by atoms with Gasteiger partial charge in [-0.2, -0.15) is 0 Å². The Morgan fingerprint density at radius 2 is 1.83 bits per heavy atom. The number of carbonyl (C=O) groups excluding carboxylic acids is 4. The van der Waals surface area contributed by atoms with Crippen LogP contribution < -0.4 is 16.5 Å². The number of nitrogens with one attached hydrogen (secondary N) is 2. The summed E-state index contributed by atoms with van der Waals surface area (Å²) in [6.45, 7) is -0.594. The zero-order valence-corrected chi connectivity index (χ0v) is 19.6. The molecule has 0 spiro atoms. The first kappa shape index (κ1) is 25.1. The van der Waals surface area contributed by atoms with Crippen molar-refractivity contribution in [3.8, 4) is 0 Å². The highest BCUT2D eigenvalue weighted by molar-refractivity contribution is 8.02. The lowest BCUT2D eigenvalue weighted by atomic mass is 9.95. The van der Waals surface area contributed by atoms with E-state index in [1.54, 1.807) is 18.2 Å². The molecule has 0 aromatic heterocycles. The number of carboxylic acids is 2. The van der Waals surface area contributed by atoms with Gasteiger partial charge >= 0.3 is 24.0 Å². The number of nitrogens with two attached hydrogens (primary N) is 1. The Hall–Kier alpha value is -4.05. The number of nitrogens with zero attached hydrogens (tertiary/aromatic N) is 3. The van der Waals surface area contributed by atoms with Crippen LogP contribution in [-0.4, -0.2) is 104 Å². The minimum atomic E-state index is -2.06. The molecule has 3 fully saturated rings. The fraction of sp³-hybridized carbons (Fsp3) is 0.400. The van der Waals surface area contributed by atoms with Crippen LogP contribution in [0.4, 0.5) is 9.59 Å². The Labute approximate surface area is 207 Å². The average molecular weight is 522 g/mol. The highest BCUT2D eigenvalue weighted by atomic mass is 32.2. The second-order valence-electron chi connectivity index (χ2n) is 8.17. The van der Waals surface area contributed by atoms with Gasteiger partial charge in [-0.05, 0) is 5.56 Å². The molecule has 0 saturated carbocycles. The minimum absolute atomic E-state index is 0.0561. The maximum Gasteiger partial charge on any atom is 0.342 e. The van der Waals surface area contributed by atoms with E-state index in [4.69, 9.17) is 10.5 Å². The Balaban J connectivity index is 1.60. The Kier molecular flexibility index (Phi) is 6.17. The maximum absolute atomic E-state index is 13.1. The summed E-state index contributed by atoms with van der Waals surface area (Å²) in [5.41, 5.74) is 5.26. The van der Waals surface area contributed by atoms with Gasteiger partial charge < -0.3 is 30.9 Å². The van der Waals surface area contributed by atoms with Crippen LogP contribution in [0.1, 0.15) is 11.5 Å². The largest absolute Gasteiger partial charge is 0.480 e. The first-order valence-electron chi connectivity index (χ1n) is 10.5. The van der Waals surface area contributed by atoms with Crippen LogP contribution in [0.15, 0.2) is 30.3 Å². The average Bonchev–Trinajstić information content (AvgIpc) is 3.38. The fourth-order valence-electron chi connectivity index (χ4n) is 4.49. The van der Waals surface area contributed by atoms with Gasteiger partial charge in [0, 0.05) is 13.7 Å². The molecule has 1 unspecified atom stereocenters. The van der Waals surface area contributed by atoms with Crippen molar-refractivity contribution in [2.75, 3.05) is 26.7 Å². The second kappa shape index (κ2) is 8.87. The van der Waals surface area contributed by atoms with E-state index in [2.05, 4.69) is 10.7 Å². The molecule has 1 aromatic carbocycles. The van der Waals surface area contributed by atoms with Crippen LogP contribution in [0, 0.1) is 0 Å². The smallest absolute Gasteiger partial charge is 0.342 e. The number of urea groups is 2. The van der Waals surface area contributed by atoms with Crippen molar-refractivity contribution >= 4 is 47.6 Å². The number of fused-ring (bicyclic) bond motifs is 1. The third kappa shape index (κ3) is 3.65. The summed E-state index contributed by atoms with van der Waals surface area (Å²) >= 11 is 0.684. The normalized spacial score (nSPS) is 27.8. The molecule has 3 aliphatic heterocycles. The van der Waals surface area contributed by atoms with Gasteiger partial charge in [0.2, 0.25) is 10.8 Å². The summed E-state index contributed by atoms with van der Waals surface area (Å²) in [5.74, 6) is -6.39. The highest BCUT2D eigenvalue weighted by Crippen LogP contribution is 2.53. The SMILES string of the molecule is CO[C@]1(NC(=O)C(C(=O)O)c2ccccc2)C(=O)N2C[C@@](C(=O)O)(N3CCN(NC(N)=O)C3=O)S[C@@H]21. The quantitative estimate of drug-likeness (QED) is 0.149. The van der Waals surface area contributed by atoms with Crippen molar-refractivity contribution in [1.29, 1.82) is 0 Å². The number of hydrogen-bond donors (Lipinski definition) is 5. The second-order valence-corrected chi connectivity index (χ2v) is 9.52. The van der Waals surface area contributed by atoms with Gasteiger partial charge in [0.05, 0.1) is 13.1 Å². The van der Waals surface area contributed by atoms with Crippen molar-refractivity contribution in [1.82, 2.24) is 25.6 Å². The summed E-state index contributed by atoms with van der Waals surface area (Å²) < 4.78 is 5.36. The predicted molar refractivity (Wildman–Crippen MR) is 120 cm³/mol. The molecule has 3 saturated heterocycles. The van der Waals surface area contributed by atoms with E-state index >= 15 is 0 Å². The number of aliphatic carboxylic acids is 2. The number of β-lactam (4-membered cyclic amide) rings is 1. The molecular weight excluding hydrogens is 500 g/mol. The molecule has 16 heteroatoms. The van der Waals surface area contributed by atoms with E-state index in [1.165, 1.54) is 12.1 Å². The standard InChI is InChI=1S/C20H22N6O9S/c1-35-20(22-12(27)11(13(28)29)10-5-3-2-4-6-10)14(30)24-9-19(16(31)32,36-15(20)24)25-7-8-26(18(25)34)23-17(21)33/h2-6,11,15H,7-9H2,1H3,(H,22,27)(H,28,29)(H,31,32)(H3,21,23,33)/t11?,15-,19-,20-/m1/s1. The van der Waals surface area contributed by atoms with Crippen molar-refractivity contribution in [2.24, 2.45) is 5.73 Å². The van der Waals surface area contributed by atoms with Crippen LogP contribution in [0.2, 0.25) is 0 Å². The number of hydrogen-bond acceptors (Lipinski definition) is 8. The van der Waals surface area contributed by atoms with E-state index < -0.39 is 64.2 Å². The minimum Gasteiger partial charge on any atom is -0.480 e. The van der Waals surface area contributed by atoms with Crippen molar-refractivity contribution < 1.29 is 43.7 Å². The van der Waals surface area contributed by atoms with Crippen molar-refractivity contribution in [2.45, 2.75) is 21.9 Å². The monoisotopic (exact) mass is 522 g/mol. The predicted octanol–water partition coefficient (Wildman–Crippen LogP) is -1.67. The molecule has 0 radical (unpaired) electrons. The number of hydrazine groups is 1. The zero-order valence-electron chi connectivity index (χ0n) is 18.7. The van der Waals surface area contributed by atoms with Crippen molar-refractivity contribution in [3.05, 3.63) is 35.9 Å². The van der Waals surface area contributed by atoms with E-state index in [0.29, 0.717) is 11.8 Å². The summed E-state index contributed by atoms with van der Waals surface area (Å²) in [6.07, 6.45) is 0. The van der Waals surface area contributed by atoms with Crippen LogP contribution >= 0.6 is 11.8 Å². The van der Waals surface area contributed by atoms with Gasteiger partial charge in [-0.3, -0.25) is 19.3 Å². The number of methoxy groups -OCH3 is 1. The number of thioether (sulfide) groups is 1. The number of benzene rings is 1. The fourth-order valence-corrected chi connectivity index (χ4v) is 6.19. The van der Waals surface area contributed by atoms with Gasteiger partial charge in [-0.25, -0.2) is 24.8 Å². The van der Waals surface area contributed by atoms with Crippen LogP contribution in [0.3, 0.4) is 0 Å². The first-order chi connectivity index (χ1) is 17.0. The number of amides is 6. The van der Waals surface area contributed by atoms with Gasteiger partial charge in [0.1, 0.15) is 5.37 Å². The number of rotatable bonds is 8. The molecule has 4 atom stereocenters. The van der Waals surface area contributed by atoms with Gasteiger partial charge in [0.15, 0.2) is 5.92 Å². The number of carboxylic acid groups (broad SMARTS) is 2. The summed E-state index contributed by atoms with van der Waals surface area (Å²) in [7, 11) is 1.12. The van der Waals surface area contributed by atoms with Crippen LogP contribution in [-0.2, 0) is 23.9 Å². The molecule has 15 nitrogen and oxygen atoms in total. The van der Waals surface area contributed by atoms with E-state index in [9.17, 15) is 39.0 Å². The van der Waals surface area contributed by atoms with Crippen LogP contribution in [0.5, 0.6) is 0 Å². The van der Waals surface area contributed by atoms with E-state index in [1.807, 2.05) is 0 Å². The van der Waals surface area contributed by atoms with Gasteiger partial charge in [0.25, 0.3) is 11.6 Å². The molecule has 6 N–H and O–H groups in total. The lowest BCUT2D eigenvalue weighted by Gasteiger charge is -2.50. The third-order valence-corrected chi connectivity index (χ3v) is 7.92. The zero-order chi connectivity index (χ0) is 26.4. The Bertz CT molecular complexity index is 1150. The molecule has 1 aromatic rings. The van der Waals surface area contributed by atoms with E-state index in [-0.39, 0.29) is 18.7 Å². The number of carbonyl (C=O) groups is 6. The molecule has 0 aliphatic carbocycles. The molecule has 6 amide bonds. The molecule has 36 heavy (non-hydrogen) atoms. The number of primary amides is 1. The third-order valence-electron chi connectivity index (χ3n) is 6.20. The Morgan fingerprint density at radius 1 is 1.17 bits per heavy atom. The maximum atomic E-state index is 13.1. The molecule has 4 rings (SSSR count). The van der Waals surface area contributed by atoms with E-state index in [0.717, 1.165) is 21.9 Å². The number of ether oxygens (including phenoxy) is 1. The highest BCUT2D eigenvalue weighted by Gasteiger charge is 2.74. The summed E-state index contributed by atoms with van der Waals surface area (Å²) in [5, 5.41) is 21.9. The molecule has 3 heterocycles. The summed E-state index contributed by atoms with van der Waals surface area (Å²) in [4.78, 5) is 74.6. The van der Waals surface area contributed by atoms with Crippen LogP contribution in [0.25, 0.3) is 0 Å². The molecule has 0 bridgehead atoms. The van der Waals surface area contributed by atoms with Crippen molar-refractivity contribution in [3.63, 3.8) is 0 Å². The van der Waals surface area contributed by atoms with Gasteiger partial charge in [-0.1, -0.05) is 42.1 Å². The molecular formula is C20H22N6O9S. The molecule has 192 valence electrons. The van der Waals surface area contributed by atoms with Gasteiger partial charge in [-0.15, -0.1) is 0 Å². The lowest BCUT2D eigenvalue weighted by molar-refractivity contribution is -0.195. The topological polar surface area (TPSA) is 212 Å². The lowest BCUT2D eigenvalue weighted by Crippen LogP contribution is -2.78. The first-order valence-corrected chi connectivity index (χ1v) is 11.4. The molecule has 3 aliphatic rings. The Morgan fingerprint density at radius 3 is 2.39 bits per heavy atom.